The molecule has 0 spiro atoms. The maximum atomic E-state index is 11.8. The van der Waals surface area contributed by atoms with E-state index in [1.165, 1.54) is 0 Å². The Morgan fingerprint density at radius 1 is 1.33 bits per heavy atom. The number of benzene rings is 1. The maximum Gasteiger partial charge on any atom is 0.319 e. The lowest BCUT2D eigenvalue weighted by atomic mass is 10.0. The number of nitrogens with one attached hydrogen (secondary N) is 2. The molecule has 0 saturated carbocycles. The molecule has 0 radical (unpaired) electrons. The van der Waals surface area contributed by atoms with E-state index in [4.69, 9.17) is 9.84 Å². The van der Waals surface area contributed by atoms with E-state index in [-0.39, 0.29) is 6.54 Å². The van der Waals surface area contributed by atoms with Crippen LogP contribution in [0.5, 0.6) is 0 Å². The second kappa shape index (κ2) is 8.97. The van der Waals surface area contributed by atoms with E-state index in [2.05, 4.69) is 10.6 Å². The predicted octanol–water partition coefficient (Wildman–Crippen LogP) is 2.46. The number of para-hydroxylation sites is 1. The van der Waals surface area contributed by atoms with Gasteiger partial charge in [0.25, 0.3) is 0 Å². The molecular formula is C15H22N2O4. The van der Waals surface area contributed by atoms with Crippen molar-refractivity contribution < 1.29 is 19.4 Å². The zero-order valence-corrected chi connectivity index (χ0v) is 12.4. The van der Waals surface area contributed by atoms with E-state index in [0.717, 1.165) is 12.0 Å². The molecule has 0 fully saturated rings. The summed E-state index contributed by atoms with van der Waals surface area (Å²) in [7, 11) is 1.58. The average molecular weight is 294 g/mol. The number of amides is 2. The lowest BCUT2D eigenvalue weighted by molar-refractivity contribution is -0.141. The summed E-state index contributed by atoms with van der Waals surface area (Å²) >= 11 is 0. The quantitative estimate of drug-likeness (QED) is 0.687. The number of aliphatic carboxylic acids is 1. The molecule has 0 heterocycles. The second-order valence-corrected chi connectivity index (χ2v) is 4.75. The van der Waals surface area contributed by atoms with Crippen molar-refractivity contribution in [2.45, 2.75) is 26.4 Å². The molecule has 6 nitrogen and oxygen atoms in total. The summed E-state index contributed by atoms with van der Waals surface area (Å²) in [5.74, 6) is -1.45. The first-order valence-electron chi connectivity index (χ1n) is 6.93. The third-order valence-electron chi connectivity index (χ3n) is 3.06. The van der Waals surface area contributed by atoms with Gasteiger partial charge in [-0.05, 0) is 12.5 Å². The highest BCUT2D eigenvalue weighted by atomic mass is 16.5. The van der Waals surface area contributed by atoms with Crippen molar-refractivity contribution in [3.05, 3.63) is 29.8 Å². The van der Waals surface area contributed by atoms with E-state index >= 15 is 0 Å². The standard InChI is InChI=1S/C15H22N2O4/c1-3-6-11(14(18)19)9-16-15(20)17-13-8-5-4-7-12(13)10-21-2/h4-5,7-8,11H,3,6,9-10H2,1-2H3,(H,18,19)(H2,16,17,20). The zero-order valence-electron chi connectivity index (χ0n) is 12.4. The van der Waals surface area contributed by atoms with E-state index < -0.39 is 17.9 Å². The largest absolute Gasteiger partial charge is 0.481 e. The van der Waals surface area contributed by atoms with Crippen LogP contribution >= 0.6 is 0 Å². The molecule has 1 unspecified atom stereocenters. The van der Waals surface area contributed by atoms with E-state index in [9.17, 15) is 9.59 Å². The van der Waals surface area contributed by atoms with Gasteiger partial charge in [-0.1, -0.05) is 31.5 Å². The molecule has 3 N–H and O–H groups in total. The van der Waals surface area contributed by atoms with Gasteiger partial charge >= 0.3 is 12.0 Å². The highest BCUT2D eigenvalue weighted by molar-refractivity contribution is 5.90. The van der Waals surface area contributed by atoms with Gasteiger partial charge in [0.1, 0.15) is 0 Å². The highest BCUT2D eigenvalue weighted by Crippen LogP contribution is 2.15. The van der Waals surface area contributed by atoms with Crippen LogP contribution in [0.2, 0.25) is 0 Å². The van der Waals surface area contributed by atoms with E-state index in [1.807, 2.05) is 25.1 Å². The molecule has 1 atom stereocenters. The molecule has 0 aromatic heterocycles. The van der Waals surface area contributed by atoms with Crippen LogP contribution in [0.4, 0.5) is 10.5 Å². The first kappa shape index (κ1) is 17.0. The Labute approximate surface area is 124 Å². The molecular weight excluding hydrogens is 272 g/mol. The number of anilines is 1. The molecule has 0 aliphatic carbocycles. The Morgan fingerprint density at radius 3 is 2.67 bits per heavy atom. The van der Waals surface area contributed by atoms with Gasteiger partial charge < -0.3 is 20.5 Å². The number of ether oxygens (including phenoxy) is 1. The molecule has 0 bridgehead atoms. The number of carbonyl (C=O) groups is 2. The fraction of sp³-hybridized carbons (Fsp3) is 0.467. The van der Waals surface area contributed by atoms with Crippen LogP contribution in [0, 0.1) is 5.92 Å². The molecule has 0 saturated heterocycles. The summed E-state index contributed by atoms with van der Waals surface area (Å²) in [6, 6.07) is 6.89. The number of urea groups is 1. The van der Waals surface area contributed by atoms with Crippen LogP contribution in [0.1, 0.15) is 25.3 Å². The molecule has 116 valence electrons. The van der Waals surface area contributed by atoms with Crippen molar-refractivity contribution in [1.82, 2.24) is 5.32 Å². The van der Waals surface area contributed by atoms with Crippen molar-refractivity contribution in [3.8, 4) is 0 Å². The molecule has 1 aromatic carbocycles. The SMILES string of the molecule is CCCC(CNC(=O)Nc1ccccc1COC)C(=O)O. The summed E-state index contributed by atoms with van der Waals surface area (Å²) in [5, 5.41) is 14.3. The van der Waals surface area contributed by atoms with Crippen molar-refractivity contribution >= 4 is 17.7 Å². The van der Waals surface area contributed by atoms with Crippen molar-refractivity contribution in [2.24, 2.45) is 5.92 Å². The maximum absolute atomic E-state index is 11.8. The highest BCUT2D eigenvalue weighted by Gasteiger charge is 2.17. The van der Waals surface area contributed by atoms with Gasteiger partial charge in [-0.2, -0.15) is 0 Å². The average Bonchev–Trinajstić information content (AvgIpc) is 2.45. The van der Waals surface area contributed by atoms with E-state index in [0.29, 0.717) is 18.7 Å². The predicted molar refractivity (Wildman–Crippen MR) is 80.2 cm³/mol. The molecule has 0 aliphatic heterocycles. The van der Waals surface area contributed by atoms with Gasteiger partial charge in [0, 0.05) is 24.9 Å². The van der Waals surface area contributed by atoms with Gasteiger partial charge in [-0.15, -0.1) is 0 Å². The number of hydrogen-bond acceptors (Lipinski definition) is 3. The fourth-order valence-electron chi connectivity index (χ4n) is 1.97. The monoisotopic (exact) mass is 294 g/mol. The number of rotatable bonds is 8. The molecule has 21 heavy (non-hydrogen) atoms. The summed E-state index contributed by atoms with van der Waals surface area (Å²) in [6.45, 7) is 2.42. The summed E-state index contributed by atoms with van der Waals surface area (Å²) < 4.78 is 5.06. The van der Waals surface area contributed by atoms with Gasteiger partial charge in [0.15, 0.2) is 0 Å². The van der Waals surface area contributed by atoms with Crippen LogP contribution in [-0.4, -0.2) is 30.8 Å². The third kappa shape index (κ3) is 5.83. The zero-order chi connectivity index (χ0) is 15.7. The molecule has 2 amide bonds. The summed E-state index contributed by atoms with van der Waals surface area (Å²) in [6.07, 6.45) is 1.30. The number of carboxylic acids is 1. The van der Waals surface area contributed by atoms with Crippen LogP contribution in [-0.2, 0) is 16.1 Å². The van der Waals surface area contributed by atoms with Gasteiger partial charge in [-0.3, -0.25) is 4.79 Å². The van der Waals surface area contributed by atoms with Crippen LogP contribution < -0.4 is 10.6 Å². The van der Waals surface area contributed by atoms with Gasteiger partial charge in [0.2, 0.25) is 0 Å². The van der Waals surface area contributed by atoms with Gasteiger partial charge in [-0.25, -0.2) is 4.79 Å². The molecule has 6 heteroatoms. The Hall–Kier alpha value is -2.08. The third-order valence-corrected chi connectivity index (χ3v) is 3.06. The minimum Gasteiger partial charge on any atom is -0.481 e. The van der Waals surface area contributed by atoms with Crippen LogP contribution in [0.25, 0.3) is 0 Å². The Morgan fingerprint density at radius 2 is 2.05 bits per heavy atom. The number of methoxy groups -OCH3 is 1. The number of hydrogen-bond donors (Lipinski definition) is 3. The van der Waals surface area contributed by atoms with Gasteiger partial charge in [0.05, 0.1) is 12.5 Å². The van der Waals surface area contributed by atoms with Crippen molar-refractivity contribution in [1.29, 1.82) is 0 Å². The molecule has 1 rings (SSSR count). The fourth-order valence-corrected chi connectivity index (χ4v) is 1.97. The lowest BCUT2D eigenvalue weighted by Crippen LogP contribution is -2.35. The van der Waals surface area contributed by atoms with Crippen molar-refractivity contribution in [3.63, 3.8) is 0 Å². The minimum atomic E-state index is -0.892. The first-order valence-corrected chi connectivity index (χ1v) is 6.93. The number of carbonyl (C=O) groups excluding carboxylic acids is 1. The topological polar surface area (TPSA) is 87.7 Å². The molecule has 0 aliphatic rings. The first-order chi connectivity index (χ1) is 10.1. The van der Waals surface area contributed by atoms with Crippen LogP contribution in [0.3, 0.4) is 0 Å². The van der Waals surface area contributed by atoms with Crippen molar-refractivity contribution in [2.75, 3.05) is 19.0 Å². The normalized spacial score (nSPS) is 11.7. The minimum absolute atomic E-state index is 0.113. The summed E-state index contributed by atoms with van der Waals surface area (Å²) in [4.78, 5) is 22.9. The number of carboxylic acid groups (broad SMARTS) is 1. The Balaban J connectivity index is 2.55. The Kier molecular flexibility index (Phi) is 7.25. The van der Waals surface area contributed by atoms with Crippen LogP contribution in [0.15, 0.2) is 24.3 Å². The Bertz CT molecular complexity index is 476. The molecule has 1 aromatic rings. The second-order valence-electron chi connectivity index (χ2n) is 4.75. The van der Waals surface area contributed by atoms with E-state index in [1.54, 1.807) is 13.2 Å². The summed E-state index contributed by atoms with van der Waals surface area (Å²) in [5.41, 5.74) is 1.51. The smallest absolute Gasteiger partial charge is 0.319 e. The lowest BCUT2D eigenvalue weighted by Gasteiger charge is -2.14.